The summed E-state index contributed by atoms with van der Waals surface area (Å²) in [5.41, 5.74) is 1.33. The second kappa shape index (κ2) is 1.55. The van der Waals surface area contributed by atoms with Gasteiger partial charge in [0, 0.05) is 11.3 Å². The van der Waals surface area contributed by atoms with Gasteiger partial charge in [0.25, 0.3) is 0 Å². The van der Waals surface area contributed by atoms with E-state index >= 15 is 0 Å². The van der Waals surface area contributed by atoms with Crippen LogP contribution in [0.2, 0.25) is 0 Å². The predicted octanol–water partition coefficient (Wildman–Crippen LogP) is 1.73. The summed E-state index contributed by atoms with van der Waals surface area (Å²) < 4.78 is 5.01. The molecule has 0 spiro atoms. The minimum atomic E-state index is 1.07. The third kappa shape index (κ3) is 0.494. The Kier molecular flexibility index (Phi) is 0.875. The predicted molar refractivity (Wildman–Crippen MR) is 32.0 cm³/mol. The summed E-state index contributed by atoms with van der Waals surface area (Å²) in [5, 5.41) is 1.07. The molecule has 2 heterocycles. The maximum Gasteiger partial charge on any atom is 0.171 e. The zero-order chi connectivity index (χ0) is 5.40. The van der Waals surface area contributed by atoms with E-state index in [1.807, 2.05) is 6.07 Å². The summed E-state index contributed by atoms with van der Waals surface area (Å²) in [6.07, 6.45) is 3.86. The van der Waals surface area contributed by atoms with Crippen LogP contribution in [0.3, 0.4) is 0 Å². The highest BCUT2D eigenvalue weighted by Crippen LogP contribution is 2.30. The zero-order valence-electron chi connectivity index (χ0n) is 4.31. The summed E-state index contributed by atoms with van der Waals surface area (Å²) in [6, 6.07) is 1.93. The fourth-order valence-corrected chi connectivity index (χ4v) is 1.79. The number of aryl methyl sites for hydroxylation is 1. The zero-order valence-corrected chi connectivity index (χ0v) is 5.12. The van der Waals surface area contributed by atoms with Gasteiger partial charge in [-0.2, -0.15) is 0 Å². The van der Waals surface area contributed by atoms with Gasteiger partial charge in [-0.1, -0.05) is 11.8 Å². The van der Waals surface area contributed by atoms with Crippen LogP contribution in [-0.2, 0) is 6.42 Å². The molecule has 0 N–H and O–H groups in total. The van der Waals surface area contributed by atoms with Crippen molar-refractivity contribution in [2.45, 2.75) is 11.5 Å². The van der Waals surface area contributed by atoms with Crippen molar-refractivity contribution in [2.24, 2.45) is 0 Å². The molecule has 0 bridgehead atoms. The molecule has 1 aromatic rings. The average molecular weight is 125 g/mol. The first-order valence-corrected chi connectivity index (χ1v) is 3.57. The fraction of sp³-hybridized carbons (Fsp3) is 0.333. The van der Waals surface area contributed by atoms with Crippen molar-refractivity contribution < 1.29 is 4.42 Å². The molecule has 1 nitrogen and oxygen atoms in total. The maximum atomic E-state index is 5.01. The first-order valence-electron chi connectivity index (χ1n) is 2.58. The average Bonchev–Trinajstić information content (AvgIpc) is 2.15. The Balaban J connectivity index is 2.54. The van der Waals surface area contributed by atoms with Gasteiger partial charge in [0.1, 0.15) is 0 Å². The minimum absolute atomic E-state index is 1.07. The van der Waals surface area contributed by atoms with Crippen LogP contribution in [0.5, 0.6) is 0 Å². The van der Waals surface area contributed by atoms with Gasteiger partial charge in [-0.05, 0) is 12.5 Å². The molecular weight excluding hydrogens is 120 g/mol. The van der Waals surface area contributed by atoms with E-state index in [9.17, 15) is 0 Å². The van der Waals surface area contributed by atoms with Crippen molar-refractivity contribution >= 4 is 11.8 Å². The molecule has 2 rings (SSSR count). The molecule has 8 heavy (non-hydrogen) atoms. The van der Waals surface area contributed by atoms with Gasteiger partial charge in [-0.25, -0.2) is 0 Å². The Hall–Kier alpha value is -0.370. The van der Waals surface area contributed by atoms with E-state index in [-0.39, 0.29) is 0 Å². The fourth-order valence-electron chi connectivity index (χ4n) is 0.829. The molecule has 0 saturated heterocycles. The Morgan fingerprint density at radius 2 is 2.75 bits per heavy atom. The molecule has 41 valence electrons. The van der Waals surface area contributed by atoms with E-state index in [0.29, 0.717) is 0 Å². The van der Waals surface area contributed by atoms with Crippen molar-refractivity contribution in [3.8, 4) is 0 Å². The van der Waals surface area contributed by atoms with Crippen LogP contribution in [-0.4, -0.2) is 5.75 Å². The van der Waals surface area contributed by atoms with E-state index in [1.165, 1.54) is 11.3 Å². The van der Waals surface area contributed by atoms with Gasteiger partial charge >= 0.3 is 0 Å². The van der Waals surface area contributed by atoms with Crippen LogP contribution < -0.4 is 0 Å². The SMILES string of the molecule is [c]1cc2c(o1)SCC2. The molecule has 1 aromatic heterocycles. The molecule has 0 aliphatic carbocycles. The second-order valence-corrected chi connectivity index (χ2v) is 2.84. The van der Waals surface area contributed by atoms with Crippen LogP contribution in [0.25, 0.3) is 0 Å². The Bertz CT molecular complexity index is 174. The van der Waals surface area contributed by atoms with Crippen molar-refractivity contribution in [3.05, 3.63) is 17.9 Å². The smallest absolute Gasteiger partial charge is 0.171 e. The van der Waals surface area contributed by atoms with Crippen LogP contribution in [0.1, 0.15) is 5.56 Å². The third-order valence-electron chi connectivity index (χ3n) is 1.25. The Morgan fingerprint density at radius 3 is 3.62 bits per heavy atom. The summed E-state index contributed by atoms with van der Waals surface area (Å²) >= 11 is 1.78. The summed E-state index contributed by atoms with van der Waals surface area (Å²) in [4.78, 5) is 0. The van der Waals surface area contributed by atoms with E-state index in [0.717, 1.165) is 11.5 Å². The van der Waals surface area contributed by atoms with Gasteiger partial charge in [0.15, 0.2) is 11.4 Å². The highest BCUT2D eigenvalue weighted by Gasteiger charge is 2.13. The first-order chi connectivity index (χ1) is 3.97. The second-order valence-electron chi connectivity index (χ2n) is 1.78. The van der Waals surface area contributed by atoms with Gasteiger partial charge in [-0.15, -0.1) is 0 Å². The molecule has 1 radical (unpaired) electrons. The normalized spacial score (nSPS) is 16.5. The topological polar surface area (TPSA) is 13.1 Å². The van der Waals surface area contributed by atoms with Crippen LogP contribution in [0.4, 0.5) is 0 Å². The lowest BCUT2D eigenvalue weighted by Gasteiger charge is -1.78. The molecule has 0 aromatic carbocycles. The molecule has 0 fully saturated rings. The lowest BCUT2D eigenvalue weighted by atomic mass is 10.3. The number of fused-ring (bicyclic) bond motifs is 1. The number of hydrogen-bond acceptors (Lipinski definition) is 2. The molecule has 0 amide bonds. The standard InChI is InChI=1S/C6H5OS/c1-3-7-6-5(1)2-4-8-6/h1H,2,4H2. The highest BCUT2D eigenvalue weighted by molar-refractivity contribution is 7.99. The third-order valence-corrected chi connectivity index (χ3v) is 2.27. The van der Waals surface area contributed by atoms with Crippen molar-refractivity contribution in [2.75, 3.05) is 5.75 Å². The minimum Gasteiger partial charge on any atom is -0.446 e. The summed E-state index contributed by atoms with van der Waals surface area (Å²) in [7, 11) is 0. The summed E-state index contributed by atoms with van der Waals surface area (Å²) in [6.45, 7) is 0. The lowest BCUT2D eigenvalue weighted by molar-refractivity contribution is 0.465. The molecule has 1 aliphatic heterocycles. The number of rotatable bonds is 0. The van der Waals surface area contributed by atoms with Crippen molar-refractivity contribution in [3.63, 3.8) is 0 Å². The monoisotopic (exact) mass is 125 g/mol. The van der Waals surface area contributed by atoms with Crippen molar-refractivity contribution in [1.29, 1.82) is 0 Å². The maximum absolute atomic E-state index is 5.01. The number of hydrogen-bond donors (Lipinski definition) is 0. The molecular formula is C6H5OS. The molecule has 0 atom stereocenters. The largest absolute Gasteiger partial charge is 0.446 e. The van der Waals surface area contributed by atoms with Crippen LogP contribution >= 0.6 is 11.8 Å². The van der Waals surface area contributed by atoms with E-state index in [2.05, 4.69) is 6.26 Å². The van der Waals surface area contributed by atoms with E-state index in [4.69, 9.17) is 4.42 Å². The highest BCUT2D eigenvalue weighted by atomic mass is 32.2. The Morgan fingerprint density at radius 1 is 1.75 bits per heavy atom. The molecule has 1 aliphatic rings. The number of thioether (sulfide) groups is 1. The van der Waals surface area contributed by atoms with Crippen LogP contribution in [0, 0.1) is 6.26 Å². The van der Waals surface area contributed by atoms with Gasteiger partial charge in [0.05, 0.1) is 0 Å². The molecule has 2 heteroatoms. The van der Waals surface area contributed by atoms with E-state index in [1.54, 1.807) is 11.8 Å². The van der Waals surface area contributed by atoms with Crippen LogP contribution in [0.15, 0.2) is 15.6 Å². The first kappa shape index (κ1) is 4.50. The van der Waals surface area contributed by atoms with Gasteiger partial charge in [-0.3, -0.25) is 0 Å². The quantitative estimate of drug-likeness (QED) is 0.523. The van der Waals surface area contributed by atoms with Crippen molar-refractivity contribution in [1.82, 2.24) is 0 Å². The molecule has 0 saturated carbocycles. The van der Waals surface area contributed by atoms with Gasteiger partial charge in [0.2, 0.25) is 0 Å². The van der Waals surface area contributed by atoms with Gasteiger partial charge < -0.3 is 4.42 Å². The summed E-state index contributed by atoms with van der Waals surface area (Å²) in [5.74, 6) is 1.18. The molecule has 0 unspecified atom stereocenters. The van der Waals surface area contributed by atoms with E-state index < -0.39 is 0 Å². The number of furan rings is 1. The Labute approximate surface area is 52.1 Å². The lowest BCUT2D eigenvalue weighted by Crippen LogP contribution is -1.72.